The smallest absolute Gasteiger partial charge is 0.408 e. The highest BCUT2D eigenvalue weighted by Crippen LogP contribution is 2.28. The van der Waals surface area contributed by atoms with Gasteiger partial charge in [-0.05, 0) is 26.3 Å². The molecule has 28 heavy (non-hydrogen) atoms. The fourth-order valence-electron chi connectivity index (χ4n) is 2.69. The summed E-state index contributed by atoms with van der Waals surface area (Å²) >= 11 is 0. The molecule has 0 saturated carbocycles. The Bertz CT molecular complexity index is 650. The van der Waals surface area contributed by atoms with Crippen LogP contribution in [-0.2, 0) is 33.3 Å². The van der Waals surface area contributed by atoms with Crippen LogP contribution in [0.15, 0.2) is 11.6 Å². The number of aliphatic hydroxyl groups excluding tert-OH is 1. The molecule has 0 aromatic heterocycles. The zero-order valence-electron chi connectivity index (χ0n) is 16.8. The third-order valence-electron chi connectivity index (χ3n) is 3.50. The average Bonchev–Trinajstić information content (AvgIpc) is 2.49. The molecule has 10 nitrogen and oxygen atoms in total. The van der Waals surface area contributed by atoms with Gasteiger partial charge in [-0.2, -0.15) is 0 Å². The number of nitrogens with one attached hydrogen (secondary N) is 1. The molecule has 2 N–H and O–H groups in total. The normalized spacial score (nSPS) is 24.5. The Kier molecular flexibility index (Phi) is 7.98. The highest BCUT2D eigenvalue weighted by Gasteiger charge is 2.47. The zero-order valence-corrected chi connectivity index (χ0v) is 16.8. The number of alkyl carbamates (subject to hydrolysis) is 1. The summed E-state index contributed by atoms with van der Waals surface area (Å²) in [7, 11) is 0. The molecule has 0 aliphatic heterocycles. The Morgan fingerprint density at radius 2 is 1.46 bits per heavy atom. The van der Waals surface area contributed by atoms with Crippen molar-refractivity contribution >= 4 is 24.0 Å². The Morgan fingerprint density at radius 3 is 1.89 bits per heavy atom. The van der Waals surface area contributed by atoms with Crippen LogP contribution >= 0.6 is 0 Å². The minimum Gasteiger partial charge on any atom is -0.456 e. The SMILES string of the molecule is CC(=O)O[C@@H]1[C@@H](OC(C)=O)[C@H](OC(C)=O)C(CO)=C[C@@H]1NC(=O)OC(C)(C)C. The molecule has 1 amide bonds. The fourth-order valence-corrected chi connectivity index (χ4v) is 2.69. The summed E-state index contributed by atoms with van der Waals surface area (Å²) in [5, 5.41) is 12.2. The molecule has 0 aromatic rings. The molecule has 0 fully saturated rings. The van der Waals surface area contributed by atoms with Gasteiger partial charge in [-0.25, -0.2) is 4.79 Å². The molecule has 0 aromatic carbocycles. The molecule has 10 heteroatoms. The molecule has 158 valence electrons. The van der Waals surface area contributed by atoms with Crippen molar-refractivity contribution in [2.45, 2.75) is 71.5 Å². The molecule has 0 bridgehead atoms. The summed E-state index contributed by atoms with van der Waals surface area (Å²) in [6, 6.07) is -1.00. The largest absolute Gasteiger partial charge is 0.456 e. The second kappa shape index (κ2) is 9.54. The van der Waals surface area contributed by atoms with Gasteiger partial charge in [-0.3, -0.25) is 14.4 Å². The van der Waals surface area contributed by atoms with Crippen molar-refractivity contribution in [1.29, 1.82) is 0 Å². The molecule has 4 atom stereocenters. The van der Waals surface area contributed by atoms with Crippen LogP contribution in [0.5, 0.6) is 0 Å². The third kappa shape index (κ3) is 7.18. The molecular formula is C18H27NO9. The summed E-state index contributed by atoms with van der Waals surface area (Å²) in [5.74, 6) is -2.13. The standard InChI is InChI=1S/C18H27NO9/c1-9(21)25-14-12(8-20)7-13(19-17(24)28-18(4,5)6)15(26-10(2)22)16(14)27-11(3)23/h7,13-16,20H,8H2,1-6H3,(H,19,24)/t13-,14+,15-,16-/m0/s1. The number of esters is 3. The van der Waals surface area contributed by atoms with Crippen molar-refractivity contribution in [3.05, 3.63) is 11.6 Å². The number of rotatable bonds is 5. The van der Waals surface area contributed by atoms with Crippen LogP contribution in [0.1, 0.15) is 41.5 Å². The maximum atomic E-state index is 12.2. The summed E-state index contributed by atoms with van der Waals surface area (Å²) in [5.41, 5.74) is -0.611. The van der Waals surface area contributed by atoms with E-state index in [0.29, 0.717) is 0 Å². The Hall–Kier alpha value is -2.62. The van der Waals surface area contributed by atoms with Crippen molar-refractivity contribution in [3.63, 3.8) is 0 Å². The van der Waals surface area contributed by atoms with E-state index < -0.39 is 60.6 Å². The lowest BCUT2D eigenvalue weighted by Gasteiger charge is -2.40. The lowest BCUT2D eigenvalue weighted by Crippen LogP contribution is -2.59. The van der Waals surface area contributed by atoms with E-state index in [1.54, 1.807) is 20.8 Å². The van der Waals surface area contributed by atoms with Crippen molar-refractivity contribution in [2.75, 3.05) is 6.61 Å². The fraction of sp³-hybridized carbons (Fsp3) is 0.667. The minimum absolute atomic E-state index is 0.172. The topological polar surface area (TPSA) is 137 Å². The maximum absolute atomic E-state index is 12.2. The number of carbonyl (C=O) groups is 4. The van der Waals surface area contributed by atoms with Gasteiger partial charge in [0.2, 0.25) is 0 Å². The van der Waals surface area contributed by atoms with Gasteiger partial charge < -0.3 is 29.4 Å². The van der Waals surface area contributed by atoms with Gasteiger partial charge in [0.15, 0.2) is 18.3 Å². The van der Waals surface area contributed by atoms with Gasteiger partial charge in [0.1, 0.15) is 5.60 Å². The van der Waals surface area contributed by atoms with Gasteiger partial charge in [-0.1, -0.05) is 6.08 Å². The van der Waals surface area contributed by atoms with Crippen molar-refractivity contribution in [1.82, 2.24) is 5.32 Å². The van der Waals surface area contributed by atoms with Gasteiger partial charge in [0.25, 0.3) is 0 Å². The quantitative estimate of drug-likeness (QED) is 0.385. The summed E-state index contributed by atoms with van der Waals surface area (Å²) in [6.07, 6.45) is -3.11. The van der Waals surface area contributed by atoms with Crippen LogP contribution in [0.25, 0.3) is 0 Å². The molecular weight excluding hydrogens is 374 g/mol. The number of hydrogen-bond acceptors (Lipinski definition) is 9. The van der Waals surface area contributed by atoms with Crippen LogP contribution in [0.2, 0.25) is 0 Å². The highest BCUT2D eigenvalue weighted by atomic mass is 16.6. The van der Waals surface area contributed by atoms with E-state index in [4.69, 9.17) is 18.9 Å². The maximum Gasteiger partial charge on any atom is 0.408 e. The average molecular weight is 401 g/mol. The summed E-state index contributed by atoms with van der Waals surface area (Å²) in [4.78, 5) is 46.9. The second-order valence-electron chi connectivity index (χ2n) is 7.25. The van der Waals surface area contributed by atoms with E-state index in [1.165, 1.54) is 6.08 Å². The van der Waals surface area contributed by atoms with Crippen LogP contribution < -0.4 is 5.32 Å². The summed E-state index contributed by atoms with van der Waals surface area (Å²) in [6.45, 7) is 7.88. The van der Waals surface area contributed by atoms with Crippen LogP contribution in [0, 0.1) is 0 Å². The second-order valence-corrected chi connectivity index (χ2v) is 7.25. The van der Waals surface area contributed by atoms with Crippen LogP contribution in [-0.4, -0.2) is 65.7 Å². The first kappa shape index (κ1) is 23.4. The van der Waals surface area contributed by atoms with E-state index >= 15 is 0 Å². The molecule has 1 aliphatic rings. The van der Waals surface area contributed by atoms with E-state index in [9.17, 15) is 24.3 Å². The van der Waals surface area contributed by atoms with Crippen molar-refractivity contribution < 1.29 is 43.2 Å². The monoisotopic (exact) mass is 401 g/mol. The van der Waals surface area contributed by atoms with E-state index in [2.05, 4.69) is 5.32 Å². The molecule has 1 rings (SSSR count). The zero-order chi connectivity index (χ0) is 21.6. The molecule has 0 spiro atoms. The van der Waals surface area contributed by atoms with E-state index in [1.807, 2.05) is 0 Å². The highest BCUT2D eigenvalue weighted by molar-refractivity contribution is 5.71. The van der Waals surface area contributed by atoms with Gasteiger partial charge in [0, 0.05) is 20.8 Å². The Balaban J connectivity index is 3.32. The number of amides is 1. The predicted octanol–water partition coefficient (Wildman–Crippen LogP) is 0.607. The summed E-state index contributed by atoms with van der Waals surface area (Å²) < 4.78 is 20.8. The lowest BCUT2D eigenvalue weighted by atomic mass is 9.87. The molecule has 0 radical (unpaired) electrons. The molecule has 0 saturated heterocycles. The van der Waals surface area contributed by atoms with Crippen LogP contribution in [0.4, 0.5) is 4.79 Å². The van der Waals surface area contributed by atoms with E-state index in [-0.39, 0.29) is 5.57 Å². The first-order chi connectivity index (χ1) is 12.8. The molecule has 0 unspecified atom stereocenters. The molecule has 0 heterocycles. The third-order valence-corrected chi connectivity index (χ3v) is 3.50. The van der Waals surface area contributed by atoms with E-state index in [0.717, 1.165) is 20.8 Å². The minimum atomic E-state index is -1.28. The first-order valence-corrected chi connectivity index (χ1v) is 8.66. The predicted molar refractivity (Wildman–Crippen MR) is 95.0 cm³/mol. The number of aliphatic hydroxyl groups is 1. The Labute approximate surface area is 163 Å². The van der Waals surface area contributed by atoms with Crippen molar-refractivity contribution in [3.8, 4) is 0 Å². The van der Waals surface area contributed by atoms with Crippen molar-refractivity contribution in [2.24, 2.45) is 0 Å². The van der Waals surface area contributed by atoms with Gasteiger partial charge in [-0.15, -0.1) is 0 Å². The van der Waals surface area contributed by atoms with Crippen LogP contribution in [0.3, 0.4) is 0 Å². The molecule has 1 aliphatic carbocycles. The van der Waals surface area contributed by atoms with Gasteiger partial charge >= 0.3 is 24.0 Å². The van der Waals surface area contributed by atoms with Gasteiger partial charge in [0.05, 0.1) is 12.6 Å². The lowest BCUT2D eigenvalue weighted by molar-refractivity contribution is -0.183. The number of carbonyl (C=O) groups excluding carboxylic acids is 4. The Morgan fingerprint density at radius 1 is 0.964 bits per heavy atom. The number of hydrogen-bond donors (Lipinski definition) is 2. The number of ether oxygens (including phenoxy) is 4. The first-order valence-electron chi connectivity index (χ1n) is 8.66.